The number of pyridine rings is 1. The Balaban J connectivity index is 1.47. The van der Waals surface area contributed by atoms with Gasteiger partial charge in [0.05, 0.1) is 0 Å². The molecule has 3 N–H and O–H groups in total. The van der Waals surface area contributed by atoms with Crippen molar-refractivity contribution in [2.75, 3.05) is 5.32 Å². The smallest absolute Gasteiger partial charge is 0.320 e. The first-order valence-electron chi connectivity index (χ1n) is 7.25. The molecule has 0 radical (unpaired) electrons. The highest BCUT2D eigenvalue weighted by molar-refractivity contribution is 9.10. The molecule has 0 aromatic carbocycles. The molecule has 1 aliphatic carbocycles. The highest BCUT2D eigenvalue weighted by Gasteiger charge is 2.25. The largest absolute Gasteiger partial charge is 0.335 e. The van der Waals surface area contributed by atoms with Crippen LogP contribution in [0.1, 0.15) is 37.4 Å². The standard InChI is InChI=1S/C14H17BrN6O/c15-10-5-6-16-12(7-10)20-14(22)19-11-3-1-9(2-4-11)13-17-8-18-21-13/h5-9,11H,1-4H2,(H,17,18,21)(H2,16,19,20,22). The van der Waals surface area contributed by atoms with Crippen LogP contribution in [-0.2, 0) is 0 Å². The molecule has 3 rings (SSSR count). The molecular weight excluding hydrogens is 348 g/mol. The van der Waals surface area contributed by atoms with E-state index in [4.69, 9.17) is 0 Å². The van der Waals surface area contributed by atoms with E-state index in [0.29, 0.717) is 11.7 Å². The predicted molar refractivity (Wildman–Crippen MR) is 85.5 cm³/mol. The van der Waals surface area contributed by atoms with E-state index in [2.05, 4.69) is 46.7 Å². The fraction of sp³-hybridized carbons (Fsp3) is 0.429. The minimum atomic E-state index is -0.214. The van der Waals surface area contributed by atoms with Gasteiger partial charge in [0.15, 0.2) is 0 Å². The number of carbonyl (C=O) groups excluding carboxylic acids is 1. The molecule has 0 aliphatic heterocycles. The van der Waals surface area contributed by atoms with Gasteiger partial charge in [-0.1, -0.05) is 15.9 Å². The van der Waals surface area contributed by atoms with Crippen LogP contribution in [0.15, 0.2) is 29.1 Å². The number of amides is 2. The van der Waals surface area contributed by atoms with Crippen LogP contribution in [0.4, 0.5) is 10.6 Å². The van der Waals surface area contributed by atoms with Crippen LogP contribution >= 0.6 is 15.9 Å². The zero-order valence-corrected chi connectivity index (χ0v) is 13.5. The molecule has 22 heavy (non-hydrogen) atoms. The Morgan fingerprint density at radius 3 is 2.77 bits per heavy atom. The number of halogens is 1. The summed E-state index contributed by atoms with van der Waals surface area (Å²) in [6.45, 7) is 0. The quantitative estimate of drug-likeness (QED) is 0.779. The number of H-pyrrole nitrogens is 1. The van der Waals surface area contributed by atoms with Crippen molar-refractivity contribution in [1.29, 1.82) is 0 Å². The lowest BCUT2D eigenvalue weighted by atomic mass is 9.85. The second-order valence-electron chi connectivity index (χ2n) is 5.38. The van der Waals surface area contributed by atoms with E-state index >= 15 is 0 Å². The molecule has 0 spiro atoms. The SMILES string of the molecule is O=C(Nc1cc(Br)ccn1)NC1CCC(c2ncn[nH]2)CC1. The van der Waals surface area contributed by atoms with Crippen LogP contribution in [0.25, 0.3) is 0 Å². The van der Waals surface area contributed by atoms with Crippen LogP contribution < -0.4 is 10.6 Å². The third-order valence-corrected chi connectivity index (χ3v) is 4.34. The van der Waals surface area contributed by atoms with Crippen molar-refractivity contribution < 1.29 is 4.79 Å². The molecule has 8 heteroatoms. The summed E-state index contributed by atoms with van der Waals surface area (Å²) in [4.78, 5) is 20.3. The molecule has 2 aromatic rings. The monoisotopic (exact) mass is 364 g/mol. The van der Waals surface area contributed by atoms with Gasteiger partial charge in [-0.25, -0.2) is 14.8 Å². The number of hydrogen-bond acceptors (Lipinski definition) is 4. The molecule has 0 unspecified atom stereocenters. The van der Waals surface area contributed by atoms with Crippen LogP contribution in [0, 0.1) is 0 Å². The lowest BCUT2D eigenvalue weighted by Gasteiger charge is -2.27. The number of nitrogens with zero attached hydrogens (tertiary/aromatic N) is 3. The summed E-state index contributed by atoms with van der Waals surface area (Å²) in [6.07, 6.45) is 7.04. The maximum atomic E-state index is 12.0. The number of urea groups is 1. The van der Waals surface area contributed by atoms with Gasteiger partial charge in [-0.3, -0.25) is 10.4 Å². The minimum Gasteiger partial charge on any atom is -0.335 e. The maximum absolute atomic E-state index is 12.0. The molecule has 1 fully saturated rings. The van der Waals surface area contributed by atoms with Crippen LogP contribution in [0.2, 0.25) is 0 Å². The fourth-order valence-electron chi connectivity index (χ4n) is 2.73. The highest BCUT2D eigenvalue weighted by Crippen LogP contribution is 2.30. The van der Waals surface area contributed by atoms with Gasteiger partial charge in [-0.2, -0.15) is 5.10 Å². The van der Waals surface area contributed by atoms with Crippen LogP contribution in [-0.4, -0.2) is 32.2 Å². The molecule has 1 aliphatic rings. The Morgan fingerprint density at radius 2 is 2.09 bits per heavy atom. The van der Waals surface area contributed by atoms with E-state index in [-0.39, 0.29) is 12.1 Å². The van der Waals surface area contributed by atoms with E-state index in [1.807, 2.05) is 6.07 Å². The number of aromatic nitrogens is 4. The summed E-state index contributed by atoms with van der Waals surface area (Å²) in [5.41, 5.74) is 0. The van der Waals surface area contributed by atoms with Gasteiger partial charge < -0.3 is 5.32 Å². The number of nitrogens with one attached hydrogen (secondary N) is 3. The molecule has 2 aromatic heterocycles. The van der Waals surface area contributed by atoms with Gasteiger partial charge in [0, 0.05) is 22.6 Å². The summed E-state index contributed by atoms with van der Waals surface area (Å²) in [5.74, 6) is 1.89. The Labute approximate surface area is 136 Å². The maximum Gasteiger partial charge on any atom is 0.320 e. The van der Waals surface area contributed by atoms with E-state index in [0.717, 1.165) is 36.0 Å². The molecule has 2 heterocycles. The zero-order valence-electron chi connectivity index (χ0n) is 11.9. The Morgan fingerprint density at radius 1 is 1.27 bits per heavy atom. The molecule has 0 atom stereocenters. The van der Waals surface area contributed by atoms with Crippen molar-refractivity contribution in [3.8, 4) is 0 Å². The van der Waals surface area contributed by atoms with Crippen molar-refractivity contribution >= 4 is 27.8 Å². The predicted octanol–water partition coefficient (Wildman–Crippen LogP) is 2.81. The van der Waals surface area contributed by atoms with Crippen molar-refractivity contribution in [3.63, 3.8) is 0 Å². The first-order chi connectivity index (χ1) is 10.7. The average molecular weight is 365 g/mol. The van der Waals surface area contributed by atoms with Crippen molar-refractivity contribution in [2.45, 2.75) is 37.6 Å². The first-order valence-corrected chi connectivity index (χ1v) is 8.04. The fourth-order valence-corrected chi connectivity index (χ4v) is 3.07. The minimum absolute atomic E-state index is 0.186. The Bertz CT molecular complexity index is 624. The summed E-state index contributed by atoms with van der Waals surface area (Å²) in [6, 6.07) is 3.55. The first kappa shape index (κ1) is 15.0. The highest BCUT2D eigenvalue weighted by atomic mass is 79.9. The van der Waals surface area contributed by atoms with Gasteiger partial charge in [0.1, 0.15) is 18.0 Å². The van der Waals surface area contributed by atoms with Crippen molar-refractivity contribution in [1.82, 2.24) is 25.5 Å². The zero-order chi connectivity index (χ0) is 15.4. The molecule has 2 amide bonds. The normalized spacial score (nSPS) is 21.3. The Hall–Kier alpha value is -1.96. The number of hydrogen-bond donors (Lipinski definition) is 3. The average Bonchev–Trinajstić information content (AvgIpc) is 3.02. The third kappa shape index (κ3) is 3.82. The second-order valence-corrected chi connectivity index (χ2v) is 6.29. The van der Waals surface area contributed by atoms with Crippen LogP contribution in [0.3, 0.4) is 0 Å². The topological polar surface area (TPSA) is 95.6 Å². The summed E-state index contributed by atoms with van der Waals surface area (Å²) in [7, 11) is 0. The van der Waals surface area contributed by atoms with Crippen LogP contribution in [0.5, 0.6) is 0 Å². The van der Waals surface area contributed by atoms with E-state index in [9.17, 15) is 4.79 Å². The summed E-state index contributed by atoms with van der Waals surface area (Å²) in [5, 5.41) is 12.6. The summed E-state index contributed by atoms with van der Waals surface area (Å²) >= 11 is 3.35. The number of anilines is 1. The van der Waals surface area contributed by atoms with Gasteiger partial charge in [0.25, 0.3) is 0 Å². The molecule has 1 saturated carbocycles. The lowest BCUT2D eigenvalue weighted by molar-refractivity contribution is 0.242. The molecular formula is C14H17BrN6O. The molecule has 116 valence electrons. The van der Waals surface area contributed by atoms with E-state index in [1.165, 1.54) is 6.33 Å². The number of carbonyl (C=O) groups is 1. The summed E-state index contributed by atoms with van der Waals surface area (Å²) < 4.78 is 0.880. The Kier molecular flexibility index (Phi) is 4.67. The van der Waals surface area contributed by atoms with Gasteiger partial charge >= 0.3 is 6.03 Å². The van der Waals surface area contributed by atoms with Crippen molar-refractivity contribution in [3.05, 3.63) is 35.0 Å². The number of aromatic amines is 1. The second kappa shape index (κ2) is 6.87. The van der Waals surface area contributed by atoms with Crippen molar-refractivity contribution in [2.24, 2.45) is 0 Å². The van der Waals surface area contributed by atoms with Gasteiger partial charge in [-0.05, 0) is 37.8 Å². The van der Waals surface area contributed by atoms with Gasteiger partial charge in [-0.15, -0.1) is 0 Å². The van der Waals surface area contributed by atoms with Gasteiger partial charge in [0.2, 0.25) is 0 Å². The lowest BCUT2D eigenvalue weighted by Crippen LogP contribution is -2.40. The molecule has 0 saturated heterocycles. The van der Waals surface area contributed by atoms with E-state index < -0.39 is 0 Å². The molecule has 0 bridgehead atoms. The third-order valence-electron chi connectivity index (χ3n) is 3.85. The number of rotatable bonds is 3. The van der Waals surface area contributed by atoms with E-state index in [1.54, 1.807) is 12.3 Å². The molecule has 7 nitrogen and oxygen atoms in total.